The SMILES string of the molecule is CCCCCC1CCC(C2CCC(CCC(=O)Oc3ccc(C#N)c(F)c3)CC2)CC1. The van der Waals surface area contributed by atoms with Gasteiger partial charge in [0, 0.05) is 12.5 Å². The van der Waals surface area contributed by atoms with Crippen molar-refractivity contribution in [1.29, 1.82) is 5.26 Å². The van der Waals surface area contributed by atoms with Gasteiger partial charge in [0.15, 0.2) is 0 Å². The van der Waals surface area contributed by atoms with Crippen LogP contribution in [-0.4, -0.2) is 5.97 Å². The molecule has 0 aliphatic heterocycles. The monoisotopic (exact) mass is 427 g/mol. The van der Waals surface area contributed by atoms with Gasteiger partial charge in [-0.05, 0) is 67.9 Å². The van der Waals surface area contributed by atoms with Gasteiger partial charge in [-0.15, -0.1) is 0 Å². The summed E-state index contributed by atoms with van der Waals surface area (Å²) < 4.78 is 18.9. The molecule has 3 rings (SSSR count). The molecule has 2 aliphatic carbocycles. The highest BCUT2D eigenvalue weighted by Gasteiger charge is 2.30. The van der Waals surface area contributed by atoms with Gasteiger partial charge in [-0.2, -0.15) is 5.26 Å². The topological polar surface area (TPSA) is 50.1 Å². The molecule has 2 fully saturated rings. The van der Waals surface area contributed by atoms with Crippen LogP contribution in [0.4, 0.5) is 4.39 Å². The molecule has 31 heavy (non-hydrogen) atoms. The van der Waals surface area contributed by atoms with Crippen molar-refractivity contribution in [3.63, 3.8) is 0 Å². The largest absolute Gasteiger partial charge is 0.426 e. The summed E-state index contributed by atoms with van der Waals surface area (Å²) in [5.41, 5.74) is -0.0402. The summed E-state index contributed by atoms with van der Waals surface area (Å²) in [5, 5.41) is 8.77. The van der Waals surface area contributed by atoms with Crippen molar-refractivity contribution in [3.8, 4) is 11.8 Å². The van der Waals surface area contributed by atoms with Crippen molar-refractivity contribution >= 4 is 5.97 Å². The highest BCUT2D eigenvalue weighted by Crippen LogP contribution is 2.43. The predicted octanol–water partition coefficient (Wildman–Crippen LogP) is 7.58. The second kappa shape index (κ2) is 12.2. The van der Waals surface area contributed by atoms with Gasteiger partial charge in [-0.3, -0.25) is 4.79 Å². The minimum absolute atomic E-state index is 0.0402. The molecule has 2 aliphatic rings. The number of rotatable bonds is 9. The summed E-state index contributed by atoms with van der Waals surface area (Å²) in [4.78, 5) is 12.1. The van der Waals surface area contributed by atoms with E-state index < -0.39 is 5.82 Å². The third kappa shape index (κ3) is 7.34. The van der Waals surface area contributed by atoms with Crippen LogP contribution in [-0.2, 0) is 4.79 Å². The Hall–Kier alpha value is -1.89. The van der Waals surface area contributed by atoms with E-state index in [4.69, 9.17) is 10.00 Å². The molecule has 0 bridgehead atoms. The van der Waals surface area contributed by atoms with Gasteiger partial charge in [-0.1, -0.05) is 58.3 Å². The summed E-state index contributed by atoms with van der Waals surface area (Å²) in [7, 11) is 0. The average molecular weight is 428 g/mol. The molecule has 4 heteroatoms. The van der Waals surface area contributed by atoms with Crippen LogP contribution < -0.4 is 4.74 Å². The minimum atomic E-state index is -0.652. The summed E-state index contributed by atoms with van der Waals surface area (Å²) in [6, 6.07) is 5.70. The lowest BCUT2D eigenvalue weighted by Gasteiger charge is -2.38. The number of hydrogen-bond acceptors (Lipinski definition) is 3. The average Bonchev–Trinajstić information content (AvgIpc) is 2.79. The van der Waals surface area contributed by atoms with E-state index in [1.807, 2.05) is 0 Å². The van der Waals surface area contributed by atoms with Crippen LogP contribution in [0.5, 0.6) is 5.75 Å². The zero-order valence-electron chi connectivity index (χ0n) is 19.1. The Morgan fingerprint density at radius 1 is 1.00 bits per heavy atom. The van der Waals surface area contributed by atoms with Crippen LogP contribution in [0.1, 0.15) is 102 Å². The van der Waals surface area contributed by atoms with Gasteiger partial charge in [0.25, 0.3) is 0 Å². The maximum absolute atomic E-state index is 13.6. The normalized spacial score (nSPS) is 26.2. The Kier molecular flexibility index (Phi) is 9.37. The summed E-state index contributed by atoms with van der Waals surface area (Å²) in [6.07, 6.45) is 17.6. The molecule has 0 heterocycles. The molecule has 2 saturated carbocycles. The van der Waals surface area contributed by atoms with Crippen molar-refractivity contribution in [2.45, 2.75) is 96.8 Å². The van der Waals surface area contributed by atoms with Crippen LogP contribution in [0.2, 0.25) is 0 Å². The number of carbonyl (C=O) groups excluding carboxylic acids is 1. The fourth-order valence-electron chi connectivity index (χ4n) is 5.73. The summed E-state index contributed by atoms with van der Waals surface area (Å²) in [6.45, 7) is 2.28. The minimum Gasteiger partial charge on any atom is -0.426 e. The Bertz CT molecular complexity index is 740. The molecular weight excluding hydrogens is 389 g/mol. The van der Waals surface area contributed by atoms with Gasteiger partial charge in [0.05, 0.1) is 5.56 Å². The van der Waals surface area contributed by atoms with Gasteiger partial charge >= 0.3 is 5.97 Å². The van der Waals surface area contributed by atoms with Gasteiger partial charge in [0.1, 0.15) is 17.6 Å². The highest BCUT2D eigenvalue weighted by atomic mass is 19.1. The number of ether oxygens (including phenoxy) is 1. The lowest BCUT2D eigenvalue weighted by atomic mass is 9.68. The van der Waals surface area contributed by atoms with E-state index >= 15 is 0 Å². The Labute approximate surface area is 187 Å². The van der Waals surface area contributed by atoms with Gasteiger partial charge < -0.3 is 4.74 Å². The molecule has 0 aromatic heterocycles. The standard InChI is InChI=1S/C27H38FNO2/c1-2-3-4-5-20-6-11-22(12-7-20)23-13-8-21(9-14-23)10-17-27(30)31-25-16-15-24(19-29)26(28)18-25/h15-16,18,20-23H,2-14,17H2,1H3. The lowest BCUT2D eigenvalue weighted by molar-refractivity contribution is -0.134. The Morgan fingerprint density at radius 2 is 1.61 bits per heavy atom. The van der Waals surface area contributed by atoms with Crippen molar-refractivity contribution < 1.29 is 13.9 Å². The molecule has 3 nitrogen and oxygen atoms in total. The first kappa shape index (κ1) is 23.8. The van der Waals surface area contributed by atoms with Gasteiger partial charge in [-0.25, -0.2) is 4.39 Å². The number of nitriles is 1. The van der Waals surface area contributed by atoms with Crippen molar-refractivity contribution in [2.75, 3.05) is 0 Å². The molecular formula is C27H38FNO2. The second-order valence-electron chi connectivity index (χ2n) is 9.82. The fourth-order valence-corrected chi connectivity index (χ4v) is 5.73. The zero-order chi connectivity index (χ0) is 22.1. The third-order valence-electron chi connectivity index (χ3n) is 7.71. The van der Waals surface area contributed by atoms with E-state index in [0.29, 0.717) is 12.3 Å². The van der Waals surface area contributed by atoms with E-state index in [1.54, 1.807) is 6.07 Å². The molecule has 0 saturated heterocycles. The van der Waals surface area contributed by atoms with Crippen LogP contribution in [0.25, 0.3) is 0 Å². The second-order valence-corrected chi connectivity index (χ2v) is 9.82. The maximum atomic E-state index is 13.6. The number of hydrogen-bond donors (Lipinski definition) is 0. The summed E-state index contributed by atoms with van der Waals surface area (Å²) >= 11 is 0. The highest BCUT2D eigenvalue weighted by molar-refractivity contribution is 5.72. The Balaban J connectivity index is 1.32. The number of nitrogens with zero attached hydrogens (tertiary/aromatic N) is 1. The fraction of sp³-hybridized carbons (Fsp3) is 0.704. The molecule has 0 amide bonds. The Morgan fingerprint density at radius 3 is 2.16 bits per heavy atom. The van der Waals surface area contributed by atoms with E-state index in [-0.39, 0.29) is 17.3 Å². The number of unbranched alkanes of at least 4 members (excludes halogenated alkanes) is 2. The predicted molar refractivity (Wildman–Crippen MR) is 121 cm³/mol. The molecule has 0 spiro atoms. The molecule has 170 valence electrons. The van der Waals surface area contributed by atoms with E-state index in [0.717, 1.165) is 30.2 Å². The lowest BCUT2D eigenvalue weighted by Crippen LogP contribution is -2.26. The smallest absolute Gasteiger partial charge is 0.311 e. The number of esters is 1. The molecule has 1 aromatic carbocycles. The van der Waals surface area contributed by atoms with Crippen molar-refractivity contribution in [2.24, 2.45) is 23.7 Å². The van der Waals surface area contributed by atoms with E-state index in [1.165, 1.54) is 89.2 Å². The van der Waals surface area contributed by atoms with Crippen LogP contribution in [0, 0.1) is 40.8 Å². The van der Waals surface area contributed by atoms with Crippen LogP contribution in [0.15, 0.2) is 18.2 Å². The molecule has 0 atom stereocenters. The maximum Gasteiger partial charge on any atom is 0.311 e. The first-order valence-corrected chi connectivity index (χ1v) is 12.5. The van der Waals surface area contributed by atoms with Crippen molar-refractivity contribution in [3.05, 3.63) is 29.6 Å². The number of carbonyl (C=O) groups is 1. The zero-order valence-corrected chi connectivity index (χ0v) is 19.1. The summed E-state index contributed by atoms with van der Waals surface area (Å²) in [5.74, 6) is 2.62. The number of halogens is 1. The third-order valence-corrected chi connectivity index (χ3v) is 7.71. The van der Waals surface area contributed by atoms with Crippen LogP contribution in [0.3, 0.4) is 0 Å². The molecule has 0 N–H and O–H groups in total. The van der Waals surface area contributed by atoms with Crippen molar-refractivity contribution in [1.82, 2.24) is 0 Å². The quantitative estimate of drug-likeness (QED) is 0.232. The molecule has 0 unspecified atom stereocenters. The van der Waals surface area contributed by atoms with Crippen LogP contribution >= 0.6 is 0 Å². The molecule has 0 radical (unpaired) electrons. The first-order chi connectivity index (χ1) is 15.1. The first-order valence-electron chi connectivity index (χ1n) is 12.5. The number of benzene rings is 1. The van der Waals surface area contributed by atoms with E-state index in [2.05, 4.69) is 6.92 Å². The van der Waals surface area contributed by atoms with E-state index in [9.17, 15) is 9.18 Å². The molecule has 1 aromatic rings. The van der Waals surface area contributed by atoms with Gasteiger partial charge in [0.2, 0.25) is 0 Å².